The number of aliphatic hydroxyl groups excluding tert-OH is 2. The number of carbonyl (C=O) groups is 1. The Hall–Kier alpha value is -1.47. The zero-order chi connectivity index (χ0) is 15.9. The van der Waals surface area contributed by atoms with Crippen LogP contribution in [0.5, 0.6) is 0 Å². The van der Waals surface area contributed by atoms with Crippen LogP contribution < -0.4 is 0 Å². The zero-order valence-corrected chi connectivity index (χ0v) is 12.9. The van der Waals surface area contributed by atoms with Crippen molar-refractivity contribution in [2.75, 3.05) is 46.4 Å². The second-order valence-corrected chi connectivity index (χ2v) is 5.56. The van der Waals surface area contributed by atoms with Crippen LogP contribution in [0, 0.1) is 0 Å². The van der Waals surface area contributed by atoms with E-state index in [0.717, 1.165) is 5.56 Å². The Kier molecular flexibility index (Phi) is 6.33. The maximum atomic E-state index is 12.5. The lowest BCUT2D eigenvalue weighted by molar-refractivity contribution is 0.0661. The summed E-state index contributed by atoms with van der Waals surface area (Å²) < 4.78 is 5.06. The number of aliphatic hydroxyl groups is 2. The van der Waals surface area contributed by atoms with Gasteiger partial charge in [-0.25, -0.2) is 0 Å². The van der Waals surface area contributed by atoms with Crippen LogP contribution in [0.2, 0.25) is 0 Å². The third-order valence-electron chi connectivity index (χ3n) is 3.80. The lowest BCUT2D eigenvalue weighted by atomic mass is 10.1. The lowest BCUT2D eigenvalue weighted by Gasteiger charge is -2.22. The molecular formula is C16H24N2O4. The summed E-state index contributed by atoms with van der Waals surface area (Å²) in [4.78, 5) is 16.2. The van der Waals surface area contributed by atoms with Crippen LogP contribution in [-0.2, 0) is 11.3 Å². The van der Waals surface area contributed by atoms with Crippen molar-refractivity contribution in [2.24, 2.45) is 0 Å². The molecule has 1 aliphatic rings. The van der Waals surface area contributed by atoms with E-state index in [-0.39, 0.29) is 12.5 Å². The van der Waals surface area contributed by atoms with Gasteiger partial charge in [0, 0.05) is 45.4 Å². The molecular weight excluding hydrogens is 284 g/mol. The molecule has 6 heteroatoms. The van der Waals surface area contributed by atoms with E-state index in [2.05, 4.69) is 0 Å². The third-order valence-corrected chi connectivity index (χ3v) is 3.80. The smallest absolute Gasteiger partial charge is 0.253 e. The summed E-state index contributed by atoms with van der Waals surface area (Å²) in [5, 5.41) is 19.0. The number of benzene rings is 1. The summed E-state index contributed by atoms with van der Waals surface area (Å²) in [6, 6.07) is 7.34. The first-order valence-electron chi connectivity index (χ1n) is 7.52. The van der Waals surface area contributed by atoms with Gasteiger partial charge in [0.1, 0.15) is 0 Å². The second kappa shape index (κ2) is 8.24. The van der Waals surface area contributed by atoms with Gasteiger partial charge in [0.15, 0.2) is 0 Å². The van der Waals surface area contributed by atoms with Gasteiger partial charge in [0.2, 0.25) is 0 Å². The number of rotatable bonds is 5. The number of hydrogen-bond acceptors (Lipinski definition) is 5. The van der Waals surface area contributed by atoms with E-state index in [9.17, 15) is 9.90 Å². The highest BCUT2D eigenvalue weighted by atomic mass is 16.5. The SMILES string of the molecule is COCc1ccc(C(=O)N2CCN(CCO)C[C@H](O)C2)cc1. The maximum Gasteiger partial charge on any atom is 0.253 e. The summed E-state index contributed by atoms with van der Waals surface area (Å²) in [5.41, 5.74) is 1.63. The fourth-order valence-corrected chi connectivity index (χ4v) is 2.68. The first-order chi connectivity index (χ1) is 10.6. The van der Waals surface area contributed by atoms with Gasteiger partial charge in [0.25, 0.3) is 5.91 Å². The van der Waals surface area contributed by atoms with Crippen molar-refractivity contribution < 1.29 is 19.7 Å². The molecule has 0 bridgehead atoms. The van der Waals surface area contributed by atoms with Gasteiger partial charge >= 0.3 is 0 Å². The van der Waals surface area contributed by atoms with Gasteiger partial charge in [-0.05, 0) is 17.7 Å². The Morgan fingerprint density at radius 1 is 1.27 bits per heavy atom. The Bertz CT molecular complexity index is 478. The molecule has 122 valence electrons. The molecule has 2 rings (SSSR count). The Balaban J connectivity index is 2.01. The number of nitrogens with zero attached hydrogens (tertiary/aromatic N) is 2. The van der Waals surface area contributed by atoms with Crippen molar-refractivity contribution in [3.05, 3.63) is 35.4 Å². The molecule has 1 aromatic rings. The Morgan fingerprint density at radius 2 is 2.00 bits per heavy atom. The van der Waals surface area contributed by atoms with Crippen LogP contribution in [0.15, 0.2) is 24.3 Å². The summed E-state index contributed by atoms with van der Waals surface area (Å²) in [6.45, 7) is 3.11. The standard InChI is InChI=1S/C16H24N2O4/c1-22-12-13-2-4-14(5-3-13)16(21)18-7-6-17(8-9-19)10-15(20)11-18/h2-5,15,19-20H,6-12H2,1H3/t15-/m0/s1. The monoisotopic (exact) mass is 308 g/mol. The Morgan fingerprint density at radius 3 is 2.64 bits per heavy atom. The molecule has 0 spiro atoms. The number of β-amino-alcohol motifs (C(OH)–C–C–N with tert-alkyl or cyclic N) is 2. The molecule has 22 heavy (non-hydrogen) atoms. The van der Waals surface area contributed by atoms with E-state index in [1.807, 2.05) is 17.0 Å². The summed E-state index contributed by atoms with van der Waals surface area (Å²) in [5.74, 6) is -0.0751. The largest absolute Gasteiger partial charge is 0.395 e. The third kappa shape index (κ3) is 4.51. The molecule has 0 saturated carbocycles. The predicted molar refractivity (Wildman–Crippen MR) is 82.6 cm³/mol. The molecule has 0 aromatic heterocycles. The minimum Gasteiger partial charge on any atom is -0.395 e. The van der Waals surface area contributed by atoms with Gasteiger partial charge in [0.05, 0.1) is 19.3 Å². The average molecular weight is 308 g/mol. The van der Waals surface area contributed by atoms with Crippen molar-refractivity contribution >= 4 is 5.91 Å². The molecule has 1 saturated heterocycles. The summed E-state index contributed by atoms with van der Waals surface area (Å²) >= 11 is 0. The number of ether oxygens (including phenoxy) is 1. The molecule has 1 atom stereocenters. The molecule has 2 N–H and O–H groups in total. The maximum absolute atomic E-state index is 12.5. The fourth-order valence-electron chi connectivity index (χ4n) is 2.68. The van der Waals surface area contributed by atoms with E-state index in [4.69, 9.17) is 9.84 Å². The van der Waals surface area contributed by atoms with E-state index >= 15 is 0 Å². The summed E-state index contributed by atoms with van der Waals surface area (Å²) in [7, 11) is 1.63. The molecule has 0 unspecified atom stereocenters. The van der Waals surface area contributed by atoms with Crippen LogP contribution in [-0.4, -0.2) is 78.5 Å². The summed E-state index contributed by atoms with van der Waals surface area (Å²) in [6.07, 6.45) is -0.592. The van der Waals surface area contributed by atoms with E-state index in [0.29, 0.717) is 44.9 Å². The zero-order valence-electron chi connectivity index (χ0n) is 12.9. The number of amides is 1. The molecule has 1 aliphatic heterocycles. The normalized spacial score (nSPS) is 20.0. The first-order valence-corrected chi connectivity index (χ1v) is 7.52. The van der Waals surface area contributed by atoms with Gasteiger partial charge < -0.3 is 19.8 Å². The lowest BCUT2D eigenvalue weighted by Crippen LogP contribution is -2.37. The van der Waals surface area contributed by atoms with Gasteiger partial charge in [-0.3, -0.25) is 9.69 Å². The van der Waals surface area contributed by atoms with Crippen molar-refractivity contribution in [3.8, 4) is 0 Å². The number of hydrogen-bond donors (Lipinski definition) is 2. The van der Waals surface area contributed by atoms with Crippen LogP contribution >= 0.6 is 0 Å². The van der Waals surface area contributed by atoms with Gasteiger partial charge in [-0.15, -0.1) is 0 Å². The molecule has 0 aliphatic carbocycles. The van der Waals surface area contributed by atoms with Gasteiger partial charge in [-0.1, -0.05) is 12.1 Å². The minimum atomic E-state index is -0.592. The number of carbonyl (C=O) groups excluding carboxylic acids is 1. The van der Waals surface area contributed by atoms with Crippen molar-refractivity contribution in [2.45, 2.75) is 12.7 Å². The van der Waals surface area contributed by atoms with E-state index in [1.54, 1.807) is 24.1 Å². The average Bonchev–Trinajstić information content (AvgIpc) is 2.69. The van der Waals surface area contributed by atoms with Crippen LogP contribution in [0.25, 0.3) is 0 Å². The molecule has 6 nitrogen and oxygen atoms in total. The van der Waals surface area contributed by atoms with E-state index in [1.165, 1.54) is 0 Å². The van der Waals surface area contributed by atoms with Gasteiger partial charge in [-0.2, -0.15) is 0 Å². The first kappa shape index (κ1) is 16.9. The quantitative estimate of drug-likeness (QED) is 0.797. The van der Waals surface area contributed by atoms with Crippen LogP contribution in [0.3, 0.4) is 0 Å². The molecule has 1 aromatic carbocycles. The minimum absolute atomic E-state index is 0.0572. The van der Waals surface area contributed by atoms with Crippen LogP contribution in [0.1, 0.15) is 15.9 Å². The van der Waals surface area contributed by atoms with E-state index < -0.39 is 6.10 Å². The van der Waals surface area contributed by atoms with Crippen molar-refractivity contribution in [1.82, 2.24) is 9.80 Å². The van der Waals surface area contributed by atoms with Crippen molar-refractivity contribution in [1.29, 1.82) is 0 Å². The fraction of sp³-hybridized carbons (Fsp3) is 0.562. The molecule has 0 radical (unpaired) electrons. The highest BCUT2D eigenvalue weighted by Gasteiger charge is 2.24. The van der Waals surface area contributed by atoms with Crippen LogP contribution in [0.4, 0.5) is 0 Å². The molecule has 1 heterocycles. The highest BCUT2D eigenvalue weighted by molar-refractivity contribution is 5.94. The predicted octanol–water partition coefficient (Wildman–Crippen LogP) is -0.0560. The second-order valence-electron chi connectivity index (χ2n) is 5.56. The molecule has 1 fully saturated rings. The highest BCUT2D eigenvalue weighted by Crippen LogP contribution is 2.11. The molecule has 1 amide bonds. The van der Waals surface area contributed by atoms with Crippen molar-refractivity contribution in [3.63, 3.8) is 0 Å². The topological polar surface area (TPSA) is 73.2 Å². The Labute approximate surface area is 130 Å². The number of methoxy groups -OCH3 is 1.